The van der Waals surface area contributed by atoms with E-state index in [4.69, 9.17) is 0 Å². The Morgan fingerprint density at radius 3 is 1.39 bits per heavy atom. The Labute approximate surface area is 205 Å². The molecule has 0 aromatic heterocycles. The van der Waals surface area contributed by atoms with E-state index in [-0.39, 0.29) is 13.0 Å². The van der Waals surface area contributed by atoms with Gasteiger partial charge in [-0.15, -0.1) is 0 Å². The lowest BCUT2D eigenvalue weighted by atomic mass is 10.0. The molecule has 0 spiro atoms. The average molecular weight is 491 g/mol. The quantitative estimate of drug-likeness (QED) is 0.0598. The molecule has 6 heteroatoms. The van der Waals surface area contributed by atoms with E-state index in [1.165, 1.54) is 89.9 Å². The minimum absolute atomic E-state index is 0.0594. The number of hydrogen-bond acceptors (Lipinski definition) is 2. The summed E-state index contributed by atoms with van der Waals surface area (Å²) in [4.78, 5) is 19.2. The Balaban J connectivity index is 3.57. The average Bonchev–Trinajstić information content (AvgIpc) is 2.70. The molecule has 0 radical (unpaired) electrons. The molecule has 0 aliphatic carbocycles. The maximum Gasteiger partial charge on any atom is 0.362 e. The maximum atomic E-state index is 11.8. The Hall–Kier alpha value is -0.190. The van der Waals surface area contributed by atoms with Gasteiger partial charge in [0.15, 0.2) is 0 Å². The summed E-state index contributed by atoms with van der Waals surface area (Å²) in [6.45, 7) is 2.33. The van der Waals surface area contributed by atoms with Gasteiger partial charge in [-0.3, -0.25) is 4.57 Å². The smallest absolute Gasteiger partial charge is 0.362 e. The summed E-state index contributed by atoms with van der Waals surface area (Å²) in [6, 6.07) is 0. The summed E-state index contributed by atoms with van der Waals surface area (Å²) in [5, 5.41) is 8.64. The van der Waals surface area contributed by atoms with Gasteiger partial charge in [0, 0.05) is 0 Å². The lowest BCUT2D eigenvalue weighted by Crippen LogP contribution is -2.49. The van der Waals surface area contributed by atoms with E-state index < -0.39 is 12.9 Å². The topological polar surface area (TPSA) is 77.8 Å². The zero-order valence-corrected chi connectivity index (χ0v) is 23.3. The van der Waals surface area contributed by atoms with Crippen LogP contribution in [0.1, 0.15) is 129 Å². The minimum Gasteiger partial charge on any atom is -0.373 e. The monoisotopic (exact) mass is 490 g/mol. The van der Waals surface area contributed by atoms with Gasteiger partial charge in [0.25, 0.3) is 0 Å². The van der Waals surface area contributed by atoms with Crippen molar-refractivity contribution in [2.24, 2.45) is 0 Å². The van der Waals surface area contributed by atoms with Crippen LogP contribution in [0.15, 0.2) is 12.2 Å². The van der Waals surface area contributed by atoms with Crippen LogP contribution in [0.4, 0.5) is 0 Å². The first-order chi connectivity index (χ1) is 15.5. The highest BCUT2D eigenvalue weighted by atomic mass is 31.2. The van der Waals surface area contributed by atoms with Crippen LogP contribution in [0.5, 0.6) is 0 Å². The Morgan fingerprint density at radius 1 is 0.667 bits per heavy atom. The second-order valence-electron chi connectivity index (χ2n) is 11.1. The third-order valence-electron chi connectivity index (χ3n) is 6.36. The fourth-order valence-corrected chi connectivity index (χ4v) is 5.50. The Kier molecular flexibility index (Phi) is 18.9. The molecule has 1 unspecified atom stereocenters. The highest BCUT2D eigenvalue weighted by Gasteiger charge is 2.48. The lowest BCUT2D eigenvalue weighted by Gasteiger charge is -2.35. The molecule has 0 rings (SSSR count). The van der Waals surface area contributed by atoms with Crippen LogP contribution in [0.25, 0.3) is 0 Å². The van der Waals surface area contributed by atoms with E-state index >= 15 is 0 Å². The highest BCUT2D eigenvalue weighted by molar-refractivity contribution is 7.53. The molecule has 0 bridgehead atoms. The second-order valence-corrected chi connectivity index (χ2v) is 13.0. The second kappa shape index (κ2) is 19.1. The summed E-state index contributed by atoms with van der Waals surface area (Å²) in [5.41, 5.74) is 0. The molecule has 0 aliphatic rings. The molecule has 198 valence electrons. The van der Waals surface area contributed by atoms with Gasteiger partial charge in [0.1, 0.15) is 6.54 Å². The summed E-state index contributed by atoms with van der Waals surface area (Å²) >= 11 is 0. The molecule has 0 aliphatic heterocycles. The van der Waals surface area contributed by atoms with Crippen molar-refractivity contribution in [1.29, 1.82) is 0 Å². The van der Waals surface area contributed by atoms with Crippen molar-refractivity contribution in [2.75, 3.05) is 27.7 Å². The molecule has 0 aromatic rings. The van der Waals surface area contributed by atoms with Gasteiger partial charge >= 0.3 is 7.60 Å². The Bertz CT molecular complexity index is 527. The van der Waals surface area contributed by atoms with Crippen LogP contribution < -0.4 is 0 Å². The van der Waals surface area contributed by atoms with Gasteiger partial charge in [-0.05, 0) is 38.5 Å². The van der Waals surface area contributed by atoms with E-state index in [2.05, 4.69) is 19.1 Å². The molecule has 0 heterocycles. The molecule has 0 aromatic carbocycles. The van der Waals surface area contributed by atoms with Crippen LogP contribution in [0, 0.1) is 0 Å². The molecule has 33 heavy (non-hydrogen) atoms. The van der Waals surface area contributed by atoms with Crippen molar-refractivity contribution in [1.82, 2.24) is 0 Å². The third kappa shape index (κ3) is 19.8. The van der Waals surface area contributed by atoms with Crippen molar-refractivity contribution in [2.45, 2.75) is 134 Å². The molecule has 1 atom stereocenters. The molecule has 5 nitrogen and oxygen atoms in total. The number of rotatable bonds is 23. The first kappa shape index (κ1) is 32.8. The molecular weight excluding hydrogens is 433 g/mol. The maximum absolute atomic E-state index is 11.8. The number of aliphatic hydroxyl groups is 1. The van der Waals surface area contributed by atoms with Crippen molar-refractivity contribution >= 4 is 7.60 Å². The predicted molar refractivity (Wildman–Crippen MR) is 142 cm³/mol. The van der Waals surface area contributed by atoms with Gasteiger partial charge in [-0.25, -0.2) is 0 Å². The van der Waals surface area contributed by atoms with E-state index in [1.807, 2.05) is 21.1 Å². The normalized spacial score (nSPS) is 14.8. The molecule has 3 N–H and O–H groups in total. The largest absolute Gasteiger partial charge is 0.373 e. The lowest BCUT2D eigenvalue weighted by molar-refractivity contribution is -0.875. The zero-order valence-electron chi connectivity index (χ0n) is 22.4. The molecule has 0 fully saturated rings. The summed E-state index contributed by atoms with van der Waals surface area (Å²) < 4.78 is 12.1. The SMILES string of the molecule is CCCCCCCCCCC/C=C\CCCCCCCCCC(O)(C[N+](C)(C)C)P(=O)(O)O. The highest BCUT2D eigenvalue weighted by Crippen LogP contribution is 2.52. The third-order valence-corrected chi connectivity index (χ3v) is 7.81. The van der Waals surface area contributed by atoms with Crippen LogP contribution in [-0.2, 0) is 4.57 Å². The molecular formula is C27H57NO4P+. The van der Waals surface area contributed by atoms with Gasteiger partial charge in [0.2, 0.25) is 5.34 Å². The van der Waals surface area contributed by atoms with Gasteiger partial charge < -0.3 is 19.4 Å². The van der Waals surface area contributed by atoms with E-state index in [0.717, 1.165) is 19.3 Å². The van der Waals surface area contributed by atoms with Gasteiger partial charge in [0.05, 0.1) is 21.1 Å². The van der Waals surface area contributed by atoms with Gasteiger partial charge in [-0.1, -0.05) is 103 Å². The first-order valence-electron chi connectivity index (χ1n) is 13.8. The number of allylic oxidation sites excluding steroid dienone is 2. The van der Waals surface area contributed by atoms with E-state index in [1.54, 1.807) is 0 Å². The van der Waals surface area contributed by atoms with Crippen LogP contribution in [0.2, 0.25) is 0 Å². The predicted octanol–water partition coefficient (Wildman–Crippen LogP) is 7.55. The fourth-order valence-electron chi connectivity index (χ4n) is 4.44. The first-order valence-corrected chi connectivity index (χ1v) is 15.4. The standard InChI is InChI=1S/C27H56NO4P/c1-5-6-7-8-9-10-11-12-13-14-15-16-17-18-19-20-21-22-23-24-25-27(29,33(30,31)32)26-28(2,3)4/h15-16,29H,5-14,17-26H2,1-4H3,(H-,30,31,32)/p+1/b16-15-. The molecule has 0 saturated heterocycles. The van der Waals surface area contributed by atoms with Crippen molar-refractivity contribution in [3.63, 3.8) is 0 Å². The van der Waals surface area contributed by atoms with E-state index in [9.17, 15) is 19.5 Å². The summed E-state index contributed by atoms with van der Waals surface area (Å²) in [7, 11) is 0.975. The van der Waals surface area contributed by atoms with Crippen LogP contribution in [0.3, 0.4) is 0 Å². The van der Waals surface area contributed by atoms with Gasteiger partial charge in [-0.2, -0.15) is 0 Å². The number of quaternary nitrogens is 1. The van der Waals surface area contributed by atoms with E-state index in [0.29, 0.717) is 10.9 Å². The number of likely N-dealkylation sites (N-methyl/N-ethyl adjacent to an activating group) is 1. The molecule has 0 amide bonds. The Morgan fingerprint density at radius 2 is 1.03 bits per heavy atom. The summed E-state index contributed by atoms with van der Waals surface area (Å²) in [5.74, 6) is 0. The number of hydrogen-bond donors (Lipinski definition) is 3. The zero-order chi connectivity index (χ0) is 25.1. The van der Waals surface area contributed by atoms with Crippen LogP contribution in [-0.4, -0.2) is 52.4 Å². The number of nitrogens with zero attached hydrogens (tertiary/aromatic N) is 1. The minimum atomic E-state index is -4.55. The summed E-state index contributed by atoms with van der Waals surface area (Å²) in [6.07, 6.45) is 27.3. The fraction of sp³-hybridized carbons (Fsp3) is 0.926. The molecule has 0 saturated carbocycles. The van der Waals surface area contributed by atoms with Crippen molar-refractivity contribution in [3.05, 3.63) is 12.2 Å². The van der Waals surface area contributed by atoms with Crippen LogP contribution >= 0.6 is 7.60 Å². The van der Waals surface area contributed by atoms with Crippen molar-refractivity contribution < 1.29 is 23.9 Å². The van der Waals surface area contributed by atoms with Crippen molar-refractivity contribution in [3.8, 4) is 0 Å². The number of unbranched alkanes of at least 4 members (excludes halogenated alkanes) is 16.